The van der Waals surface area contributed by atoms with Crippen molar-refractivity contribution in [3.8, 4) is 5.75 Å². The van der Waals surface area contributed by atoms with Gasteiger partial charge in [0.2, 0.25) is 0 Å². The number of benzene rings is 3. The molecule has 0 aliphatic carbocycles. The smallest absolute Gasteiger partial charge is 0.128 e. The highest BCUT2D eigenvalue weighted by molar-refractivity contribution is 5.89. The SMILES string of the molecule is Cc1ccc(C(N)c2ccc3ccccc3c2O)cc1. The van der Waals surface area contributed by atoms with Crippen LogP contribution in [-0.4, -0.2) is 5.11 Å². The number of phenols is 1. The zero-order valence-corrected chi connectivity index (χ0v) is 11.4. The van der Waals surface area contributed by atoms with Crippen LogP contribution in [0.15, 0.2) is 60.7 Å². The molecule has 1 atom stereocenters. The average molecular weight is 263 g/mol. The topological polar surface area (TPSA) is 46.2 Å². The zero-order chi connectivity index (χ0) is 14.1. The van der Waals surface area contributed by atoms with Gasteiger partial charge in [-0.1, -0.05) is 66.2 Å². The van der Waals surface area contributed by atoms with Crippen LogP contribution in [0, 0.1) is 6.92 Å². The van der Waals surface area contributed by atoms with Gasteiger partial charge in [-0.3, -0.25) is 0 Å². The van der Waals surface area contributed by atoms with Crippen molar-refractivity contribution in [2.75, 3.05) is 0 Å². The summed E-state index contributed by atoms with van der Waals surface area (Å²) < 4.78 is 0. The molecule has 0 bridgehead atoms. The van der Waals surface area contributed by atoms with Crippen molar-refractivity contribution < 1.29 is 5.11 Å². The Balaban J connectivity index is 2.09. The van der Waals surface area contributed by atoms with Gasteiger partial charge in [-0.25, -0.2) is 0 Å². The van der Waals surface area contributed by atoms with Crippen molar-refractivity contribution in [2.45, 2.75) is 13.0 Å². The van der Waals surface area contributed by atoms with Crippen molar-refractivity contribution in [2.24, 2.45) is 5.73 Å². The van der Waals surface area contributed by atoms with Crippen LogP contribution in [0.1, 0.15) is 22.7 Å². The third kappa shape index (κ3) is 2.15. The highest BCUT2D eigenvalue weighted by atomic mass is 16.3. The van der Waals surface area contributed by atoms with E-state index in [4.69, 9.17) is 5.73 Å². The van der Waals surface area contributed by atoms with E-state index in [1.54, 1.807) is 0 Å². The number of hydrogen-bond donors (Lipinski definition) is 2. The lowest BCUT2D eigenvalue weighted by atomic mass is 9.95. The van der Waals surface area contributed by atoms with Crippen LogP contribution >= 0.6 is 0 Å². The van der Waals surface area contributed by atoms with Crippen LogP contribution in [-0.2, 0) is 0 Å². The first-order chi connectivity index (χ1) is 9.66. The summed E-state index contributed by atoms with van der Waals surface area (Å²) in [6, 6.07) is 19.4. The van der Waals surface area contributed by atoms with Crippen molar-refractivity contribution >= 4 is 10.8 Å². The van der Waals surface area contributed by atoms with E-state index in [1.807, 2.05) is 67.6 Å². The van der Waals surface area contributed by atoms with Gasteiger partial charge in [-0.15, -0.1) is 0 Å². The van der Waals surface area contributed by atoms with E-state index in [0.717, 1.165) is 21.9 Å². The van der Waals surface area contributed by atoms with E-state index in [-0.39, 0.29) is 11.8 Å². The maximum atomic E-state index is 10.5. The molecule has 3 aromatic rings. The monoisotopic (exact) mass is 263 g/mol. The molecule has 1 unspecified atom stereocenters. The molecular weight excluding hydrogens is 246 g/mol. The summed E-state index contributed by atoms with van der Waals surface area (Å²) in [5.41, 5.74) is 9.25. The summed E-state index contributed by atoms with van der Waals surface area (Å²) >= 11 is 0. The Bertz CT molecular complexity index is 747. The summed E-state index contributed by atoms with van der Waals surface area (Å²) in [6.07, 6.45) is 0. The second kappa shape index (κ2) is 4.99. The molecule has 100 valence electrons. The Morgan fingerprint density at radius 2 is 1.60 bits per heavy atom. The molecular formula is C18H17NO. The lowest BCUT2D eigenvalue weighted by Crippen LogP contribution is -2.12. The fourth-order valence-electron chi connectivity index (χ4n) is 2.48. The average Bonchev–Trinajstić information content (AvgIpc) is 2.48. The lowest BCUT2D eigenvalue weighted by molar-refractivity contribution is 0.472. The van der Waals surface area contributed by atoms with Crippen LogP contribution in [0.25, 0.3) is 10.8 Å². The number of hydrogen-bond acceptors (Lipinski definition) is 2. The Kier molecular flexibility index (Phi) is 3.17. The Hall–Kier alpha value is -2.32. The molecule has 0 aliphatic heterocycles. The summed E-state index contributed by atoms with van der Waals surface area (Å²) in [7, 11) is 0. The molecule has 20 heavy (non-hydrogen) atoms. The number of aryl methyl sites for hydroxylation is 1. The lowest BCUT2D eigenvalue weighted by Gasteiger charge is -2.16. The Morgan fingerprint density at radius 3 is 2.35 bits per heavy atom. The van der Waals surface area contributed by atoms with E-state index in [9.17, 15) is 5.11 Å². The zero-order valence-electron chi connectivity index (χ0n) is 11.4. The quantitative estimate of drug-likeness (QED) is 0.736. The summed E-state index contributed by atoms with van der Waals surface area (Å²) in [5.74, 6) is 0.274. The third-order valence-corrected chi connectivity index (χ3v) is 3.70. The molecule has 0 fully saturated rings. The molecule has 3 rings (SSSR count). The molecule has 3 N–H and O–H groups in total. The van der Waals surface area contributed by atoms with E-state index in [1.165, 1.54) is 5.56 Å². The van der Waals surface area contributed by atoms with Gasteiger partial charge < -0.3 is 10.8 Å². The molecule has 0 saturated carbocycles. The fraction of sp³-hybridized carbons (Fsp3) is 0.111. The standard InChI is InChI=1S/C18H17NO/c1-12-6-8-14(9-7-12)17(19)16-11-10-13-4-2-3-5-15(13)18(16)20/h2-11,17,20H,19H2,1H3. The van der Waals surface area contributed by atoms with Gasteiger partial charge in [0, 0.05) is 10.9 Å². The number of nitrogens with two attached hydrogens (primary N) is 1. The highest BCUT2D eigenvalue weighted by Crippen LogP contribution is 2.34. The van der Waals surface area contributed by atoms with Crippen molar-refractivity contribution in [3.05, 3.63) is 77.4 Å². The first kappa shape index (κ1) is 12.7. The first-order valence-electron chi connectivity index (χ1n) is 6.69. The van der Waals surface area contributed by atoms with Crippen LogP contribution in [0.4, 0.5) is 0 Å². The van der Waals surface area contributed by atoms with Crippen LogP contribution in [0.5, 0.6) is 5.75 Å². The van der Waals surface area contributed by atoms with Gasteiger partial charge in [0.15, 0.2) is 0 Å². The Morgan fingerprint density at radius 1 is 0.900 bits per heavy atom. The molecule has 2 nitrogen and oxygen atoms in total. The summed E-state index contributed by atoms with van der Waals surface area (Å²) in [6.45, 7) is 2.04. The van der Waals surface area contributed by atoms with Gasteiger partial charge >= 0.3 is 0 Å². The molecule has 2 heteroatoms. The molecule has 0 radical (unpaired) electrons. The molecule has 3 aromatic carbocycles. The normalized spacial score (nSPS) is 12.5. The van der Waals surface area contributed by atoms with Gasteiger partial charge in [0.05, 0.1) is 6.04 Å². The largest absolute Gasteiger partial charge is 0.507 e. The van der Waals surface area contributed by atoms with E-state index in [2.05, 4.69) is 0 Å². The number of phenolic OH excluding ortho intramolecular Hbond substituents is 1. The van der Waals surface area contributed by atoms with Crippen molar-refractivity contribution in [1.29, 1.82) is 0 Å². The third-order valence-electron chi connectivity index (χ3n) is 3.70. The minimum atomic E-state index is -0.319. The highest BCUT2D eigenvalue weighted by Gasteiger charge is 2.14. The molecule has 0 amide bonds. The van der Waals surface area contributed by atoms with E-state index < -0.39 is 0 Å². The van der Waals surface area contributed by atoms with Crippen molar-refractivity contribution in [3.63, 3.8) is 0 Å². The maximum absolute atomic E-state index is 10.5. The van der Waals surface area contributed by atoms with E-state index >= 15 is 0 Å². The Labute approximate surface area is 118 Å². The van der Waals surface area contributed by atoms with Crippen molar-refractivity contribution in [1.82, 2.24) is 0 Å². The van der Waals surface area contributed by atoms with Gasteiger partial charge in [-0.05, 0) is 17.9 Å². The van der Waals surface area contributed by atoms with E-state index in [0.29, 0.717) is 0 Å². The number of rotatable bonds is 2. The number of fused-ring (bicyclic) bond motifs is 1. The van der Waals surface area contributed by atoms with Crippen LogP contribution in [0.3, 0.4) is 0 Å². The predicted octanol–water partition coefficient (Wildman–Crippen LogP) is 3.90. The van der Waals surface area contributed by atoms with Gasteiger partial charge in [0.1, 0.15) is 5.75 Å². The summed E-state index contributed by atoms with van der Waals surface area (Å²) in [5, 5.41) is 12.3. The minimum absolute atomic E-state index is 0.274. The molecule has 0 saturated heterocycles. The van der Waals surface area contributed by atoms with Gasteiger partial charge in [-0.2, -0.15) is 0 Å². The summed E-state index contributed by atoms with van der Waals surface area (Å²) in [4.78, 5) is 0. The molecule has 0 aromatic heterocycles. The molecule has 0 spiro atoms. The maximum Gasteiger partial charge on any atom is 0.128 e. The van der Waals surface area contributed by atoms with Crippen LogP contribution < -0.4 is 5.73 Å². The van der Waals surface area contributed by atoms with Crippen LogP contribution in [0.2, 0.25) is 0 Å². The first-order valence-corrected chi connectivity index (χ1v) is 6.69. The fourth-order valence-corrected chi connectivity index (χ4v) is 2.48. The van der Waals surface area contributed by atoms with Gasteiger partial charge in [0.25, 0.3) is 0 Å². The predicted molar refractivity (Wildman–Crippen MR) is 82.8 cm³/mol. The molecule has 0 heterocycles. The minimum Gasteiger partial charge on any atom is -0.507 e. The second-order valence-electron chi connectivity index (χ2n) is 5.11. The number of aromatic hydroxyl groups is 1. The molecule has 0 aliphatic rings. The second-order valence-corrected chi connectivity index (χ2v) is 5.11.